The number of amides is 1. The highest BCUT2D eigenvalue weighted by Gasteiger charge is 2.31. The van der Waals surface area contributed by atoms with Crippen molar-refractivity contribution in [2.45, 2.75) is 30.2 Å². The maximum Gasteiger partial charge on any atom is 0.274 e. The van der Waals surface area contributed by atoms with Crippen LogP contribution in [0.15, 0.2) is 47.6 Å². The van der Waals surface area contributed by atoms with Crippen molar-refractivity contribution in [3.63, 3.8) is 0 Å². The van der Waals surface area contributed by atoms with E-state index in [4.69, 9.17) is 4.74 Å². The first-order valence-corrected chi connectivity index (χ1v) is 10.5. The van der Waals surface area contributed by atoms with Crippen molar-refractivity contribution in [2.24, 2.45) is 5.92 Å². The average molecular weight is 424 g/mol. The second-order valence-corrected chi connectivity index (χ2v) is 8.04. The first kappa shape index (κ1) is 21.6. The molecule has 1 aliphatic heterocycles. The molecule has 2 heterocycles. The van der Waals surface area contributed by atoms with Crippen LogP contribution in [-0.4, -0.2) is 36.4 Å². The lowest BCUT2D eigenvalue weighted by Crippen LogP contribution is -2.33. The molecular formula is C21H23F3N2O2S. The van der Waals surface area contributed by atoms with Gasteiger partial charge in [0, 0.05) is 37.1 Å². The van der Waals surface area contributed by atoms with Gasteiger partial charge in [-0.25, -0.2) is 18.2 Å². The second-order valence-electron chi connectivity index (χ2n) is 6.96. The molecule has 1 aromatic carbocycles. The van der Waals surface area contributed by atoms with E-state index in [1.54, 1.807) is 12.1 Å². The van der Waals surface area contributed by atoms with Gasteiger partial charge in [-0.15, -0.1) is 11.8 Å². The Bertz CT molecular complexity index is 812. The Kier molecular flexibility index (Phi) is 7.55. The highest BCUT2D eigenvalue weighted by atomic mass is 32.2. The molecule has 3 rings (SSSR count). The number of nitrogens with zero attached hydrogens (tertiary/aromatic N) is 1. The predicted molar refractivity (Wildman–Crippen MR) is 106 cm³/mol. The topological polar surface area (TPSA) is 51.2 Å². The minimum Gasteiger partial charge on any atom is -0.381 e. The first-order chi connectivity index (χ1) is 14.0. The summed E-state index contributed by atoms with van der Waals surface area (Å²) in [6.45, 7) is 1.91. The molecular weight excluding hydrogens is 401 g/mol. The number of benzene rings is 1. The van der Waals surface area contributed by atoms with Crippen LogP contribution in [0, 0.1) is 11.7 Å². The number of hydrogen-bond donors (Lipinski definition) is 1. The van der Waals surface area contributed by atoms with Gasteiger partial charge >= 0.3 is 0 Å². The highest BCUT2D eigenvalue weighted by Crippen LogP contribution is 2.34. The minimum absolute atomic E-state index is 0.0676. The lowest BCUT2D eigenvalue weighted by molar-refractivity contribution is -0.00707. The Hall–Kier alpha value is -2.06. The van der Waals surface area contributed by atoms with Gasteiger partial charge in [-0.2, -0.15) is 0 Å². The second kappa shape index (κ2) is 10.1. The van der Waals surface area contributed by atoms with Crippen molar-refractivity contribution in [1.29, 1.82) is 0 Å². The summed E-state index contributed by atoms with van der Waals surface area (Å²) in [6.07, 6.45) is 3.08. The predicted octanol–water partition coefficient (Wildman–Crippen LogP) is 4.65. The van der Waals surface area contributed by atoms with Crippen molar-refractivity contribution in [1.82, 2.24) is 10.3 Å². The summed E-state index contributed by atoms with van der Waals surface area (Å²) in [5.74, 6) is -3.55. The van der Waals surface area contributed by atoms with Gasteiger partial charge in [0.1, 0.15) is 10.8 Å². The summed E-state index contributed by atoms with van der Waals surface area (Å²) in [7, 11) is 0. The van der Waals surface area contributed by atoms with Crippen LogP contribution in [0.2, 0.25) is 0 Å². The number of aromatic nitrogens is 1. The number of nitrogens with one attached hydrogen (secondary N) is 1. The van der Waals surface area contributed by atoms with Crippen LogP contribution in [-0.2, 0) is 10.7 Å². The molecule has 0 spiro atoms. The SMILES string of the molecule is O=C(NCC1CCCOC1)c1cccnc1SCCC(F)(F)c1ccc(F)cc1. The molecule has 0 aliphatic carbocycles. The van der Waals surface area contributed by atoms with Gasteiger partial charge in [0.2, 0.25) is 0 Å². The third-order valence-corrected chi connectivity index (χ3v) is 5.75. The quantitative estimate of drug-likeness (QED) is 0.627. The van der Waals surface area contributed by atoms with E-state index < -0.39 is 18.2 Å². The molecule has 2 aromatic rings. The van der Waals surface area contributed by atoms with Crippen LogP contribution < -0.4 is 5.32 Å². The zero-order valence-corrected chi connectivity index (χ0v) is 16.7. The van der Waals surface area contributed by atoms with Crippen molar-refractivity contribution in [2.75, 3.05) is 25.5 Å². The maximum absolute atomic E-state index is 14.3. The Labute approximate surface area is 172 Å². The summed E-state index contributed by atoms with van der Waals surface area (Å²) in [4.78, 5) is 16.7. The van der Waals surface area contributed by atoms with E-state index in [1.807, 2.05) is 0 Å². The standard InChI is InChI=1S/C21H23F3N2O2S/c22-17-7-5-16(6-8-17)21(23,24)9-12-29-20-18(4-1-10-25-20)19(27)26-13-15-3-2-11-28-14-15/h1,4-8,10,15H,2-3,9,11-14H2,(H,26,27). The van der Waals surface area contributed by atoms with E-state index in [-0.39, 0.29) is 23.1 Å². The zero-order chi connectivity index (χ0) is 20.7. The number of pyridine rings is 1. The average Bonchev–Trinajstić information content (AvgIpc) is 2.73. The van der Waals surface area contributed by atoms with E-state index in [0.717, 1.165) is 55.5 Å². The maximum atomic E-state index is 14.3. The molecule has 1 atom stereocenters. The van der Waals surface area contributed by atoms with Gasteiger partial charge in [0.05, 0.1) is 12.2 Å². The lowest BCUT2D eigenvalue weighted by Gasteiger charge is -2.22. The number of hydrogen-bond acceptors (Lipinski definition) is 4. The van der Waals surface area contributed by atoms with Crippen LogP contribution >= 0.6 is 11.8 Å². The fourth-order valence-corrected chi connectivity index (χ4v) is 4.10. The van der Waals surface area contributed by atoms with Crippen LogP contribution in [0.5, 0.6) is 0 Å². The molecule has 0 saturated carbocycles. The van der Waals surface area contributed by atoms with E-state index >= 15 is 0 Å². The number of carbonyl (C=O) groups excluding carboxylic acids is 1. The third kappa shape index (κ3) is 6.21. The van der Waals surface area contributed by atoms with Gasteiger partial charge in [-0.05, 0) is 43.0 Å². The molecule has 0 bridgehead atoms. The van der Waals surface area contributed by atoms with Crippen LogP contribution in [0.1, 0.15) is 35.2 Å². The monoisotopic (exact) mass is 424 g/mol. The van der Waals surface area contributed by atoms with Crippen molar-refractivity contribution >= 4 is 17.7 Å². The lowest BCUT2D eigenvalue weighted by atomic mass is 10.0. The number of ether oxygens (including phenoxy) is 1. The molecule has 8 heteroatoms. The van der Waals surface area contributed by atoms with Gasteiger partial charge < -0.3 is 10.1 Å². The first-order valence-electron chi connectivity index (χ1n) is 9.53. The fraction of sp³-hybridized carbons (Fsp3) is 0.429. The molecule has 29 heavy (non-hydrogen) atoms. The number of thioether (sulfide) groups is 1. The fourth-order valence-electron chi connectivity index (χ4n) is 3.09. The normalized spacial score (nSPS) is 17.1. The van der Waals surface area contributed by atoms with Gasteiger partial charge in [-0.3, -0.25) is 4.79 Å². The molecule has 1 saturated heterocycles. The molecule has 1 aromatic heterocycles. The Morgan fingerprint density at radius 3 is 2.79 bits per heavy atom. The summed E-state index contributed by atoms with van der Waals surface area (Å²) in [6, 6.07) is 7.52. The Morgan fingerprint density at radius 2 is 2.07 bits per heavy atom. The van der Waals surface area contributed by atoms with E-state index in [0.29, 0.717) is 23.7 Å². The molecule has 1 N–H and O–H groups in total. The number of halogens is 3. The van der Waals surface area contributed by atoms with E-state index in [2.05, 4.69) is 10.3 Å². The smallest absolute Gasteiger partial charge is 0.274 e. The number of carbonyl (C=O) groups is 1. The number of rotatable bonds is 8. The molecule has 1 amide bonds. The third-order valence-electron chi connectivity index (χ3n) is 4.74. The molecule has 1 aliphatic rings. The molecule has 1 unspecified atom stereocenters. The van der Waals surface area contributed by atoms with E-state index in [1.165, 1.54) is 6.20 Å². The number of alkyl halides is 2. The van der Waals surface area contributed by atoms with Crippen LogP contribution in [0.4, 0.5) is 13.2 Å². The zero-order valence-electron chi connectivity index (χ0n) is 15.9. The van der Waals surface area contributed by atoms with Crippen molar-refractivity contribution in [3.05, 3.63) is 59.5 Å². The summed E-state index contributed by atoms with van der Waals surface area (Å²) < 4.78 is 47.0. The minimum atomic E-state index is -3.08. The highest BCUT2D eigenvalue weighted by molar-refractivity contribution is 7.99. The summed E-state index contributed by atoms with van der Waals surface area (Å²) >= 11 is 1.11. The van der Waals surface area contributed by atoms with Gasteiger partial charge in [0.15, 0.2) is 0 Å². The van der Waals surface area contributed by atoms with Gasteiger partial charge in [0.25, 0.3) is 11.8 Å². The molecule has 0 radical (unpaired) electrons. The van der Waals surface area contributed by atoms with Gasteiger partial charge in [-0.1, -0.05) is 12.1 Å². The molecule has 1 fully saturated rings. The van der Waals surface area contributed by atoms with Crippen LogP contribution in [0.25, 0.3) is 0 Å². The summed E-state index contributed by atoms with van der Waals surface area (Å²) in [5, 5.41) is 3.31. The Morgan fingerprint density at radius 1 is 1.28 bits per heavy atom. The van der Waals surface area contributed by atoms with E-state index in [9.17, 15) is 18.0 Å². The molecule has 4 nitrogen and oxygen atoms in total. The van der Waals surface area contributed by atoms with Crippen LogP contribution in [0.3, 0.4) is 0 Å². The largest absolute Gasteiger partial charge is 0.381 e. The van der Waals surface area contributed by atoms with Crippen molar-refractivity contribution in [3.8, 4) is 0 Å². The molecule has 156 valence electrons. The van der Waals surface area contributed by atoms with Crippen molar-refractivity contribution < 1.29 is 22.7 Å². The summed E-state index contributed by atoms with van der Waals surface area (Å²) in [5.41, 5.74) is 0.146. The Balaban J connectivity index is 1.55.